The summed E-state index contributed by atoms with van der Waals surface area (Å²) in [6.07, 6.45) is 2.73. The van der Waals surface area contributed by atoms with Crippen LogP contribution in [0.5, 0.6) is 11.5 Å². The molecule has 5 amide bonds. The van der Waals surface area contributed by atoms with E-state index >= 15 is 0 Å². The topological polar surface area (TPSA) is 173 Å². The Morgan fingerprint density at radius 2 is 1.49 bits per heavy atom. The molecule has 0 unspecified atom stereocenters. The number of hydrogen-bond acceptors (Lipinski definition) is 9. The molecule has 13 nitrogen and oxygen atoms in total. The van der Waals surface area contributed by atoms with Crippen molar-refractivity contribution in [2.24, 2.45) is 11.8 Å². The van der Waals surface area contributed by atoms with Gasteiger partial charge in [0.05, 0.1) is 55.9 Å². The fraction of sp³-hybridized carbons (Fsp3) is 0.514. The molecule has 3 atom stereocenters. The molecule has 0 aliphatic carbocycles. The number of benzene rings is 2. The van der Waals surface area contributed by atoms with Crippen LogP contribution in [0, 0.1) is 11.8 Å². The Bertz CT molecular complexity index is 1520. The fourth-order valence-electron chi connectivity index (χ4n) is 5.32. The molecule has 0 radical (unpaired) electrons. The number of esters is 1. The van der Waals surface area contributed by atoms with Crippen LogP contribution in [0.4, 0.5) is 16.2 Å². The van der Waals surface area contributed by atoms with E-state index in [0.717, 1.165) is 18.6 Å². The number of fused-ring (bicyclic) bond motifs is 1. The number of urea groups is 1. The average Bonchev–Trinajstić information content (AvgIpc) is 3.63. The van der Waals surface area contributed by atoms with Crippen LogP contribution < -0.4 is 36.1 Å². The molecular formula is C35H47N5O8S. The van der Waals surface area contributed by atoms with Crippen molar-refractivity contribution < 1.29 is 38.2 Å². The van der Waals surface area contributed by atoms with Gasteiger partial charge in [0.25, 0.3) is 5.91 Å². The molecule has 4 rings (SSSR count). The molecule has 2 aromatic carbocycles. The number of hydrogen-bond donors (Lipinski definition) is 5. The maximum Gasteiger partial charge on any atom is 0.337 e. The van der Waals surface area contributed by atoms with Gasteiger partial charge in [0, 0.05) is 23.0 Å². The van der Waals surface area contributed by atoms with Crippen molar-refractivity contribution >= 4 is 52.9 Å². The van der Waals surface area contributed by atoms with Gasteiger partial charge < -0.3 is 40.8 Å². The number of carbonyl (C=O) groups is 5. The van der Waals surface area contributed by atoms with Gasteiger partial charge in [-0.1, -0.05) is 34.1 Å². The van der Waals surface area contributed by atoms with Gasteiger partial charge in [-0.3, -0.25) is 14.4 Å². The lowest BCUT2D eigenvalue weighted by atomic mass is 10.0. The summed E-state index contributed by atoms with van der Waals surface area (Å²) in [5, 5.41) is 14.5. The standard InChI is InChI=1S/C35H47N5O8S/c1-20(2)17-47-27-14-22(33(43)38-25-13-11-23(34(44)46-5)15-28(25)48-18-21(3)4)10-12-24(27)37-31(42)16-36-30(41)9-7-6-8-29-32-26(19-49-29)39-35(45)40-32/h10-15,20-21,26,29,32H,6-9,16-19H2,1-5H3,(H,36,41)(H,37,42)(H,38,43)(H2,39,40,45)/t26-,29-,32-/m0/s1. The maximum atomic E-state index is 13.4. The van der Waals surface area contributed by atoms with Crippen LogP contribution in [0.2, 0.25) is 0 Å². The largest absolute Gasteiger partial charge is 0.491 e. The van der Waals surface area contributed by atoms with Crippen molar-refractivity contribution in [2.45, 2.75) is 70.7 Å². The first-order valence-electron chi connectivity index (χ1n) is 16.6. The number of rotatable bonds is 17. The Morgan fingerprint density at radius 3 is 2.14 bits per heavy atom. The zero-order valence-corrected chi connectivity index (χ0v) is 29.5. The van der Waals surface area contributed by atoms with Crippen LogP contribution in [-0.2, 0) is 14.3 Å². The van der Waals surface area contributed by atoms with Crippen LogP contribution in [0.1, 0.15) is 74.1 Å². The minimum atomic E-state index is -0.525. The summed E-state index contributed by atoms with van der Waals surface area (Å²) in [4.78, 5) is 62.2. The van der Waals surface area contributed by atoms with Crippen LogP contribution >= 0.6 is 11.8 Å². The maximum absolute atomic E-state index is 13.4. The smallest absolute Gasteiger partial charge is 0.337 e. The number of nitrogens with one attached hydrogen (secondary N) is 5. The van der Waals surface area contributed by atoms with Gasteiger partial charge in [-0.05, 0) is 61.1 Å². The molecule has 2 aliphatic heterocycles. The lowest BCUT2D eigenvalue weighted by molar-refractivity contribution is -0.124. The van der Waals surface area contributed by atoms with E-state index in [2.05, 4.69) is 26.6 Å². The molecule has 0 bridgehead atoms. The number of amides is 5. The predicted octanol–water partition coefficient (Wildman–Crippen LogP) is 4.58. The molecule has 0 spiro atoms. The van der Waals surface area contributed by atoms with E-state index in [1.165, 1.54) is 19.2 Å². The lowest BCUT2D eigenvalue weighted by Crippen LogP contribution is -2.36. The highest BCUT2D eigenvalue weighted by atomic mass is 32.2. The second-order valence-electron chi connectivity index (χ2n) is 13.0. The highest BCUT2D eigenvalue weighted by Crippen LogP contribution is 2.33. The average molecular weight is 698 g/mol. The van der Waals surface area contributed by atoms with Crippen molar-refractivity contribution in [3.63, 3.8) is 0 Å². The molecule has 49 heavy (non-hydrogen) atoms. The molecular weight excluding hydrogens is 650 g/mol. The number of thioether (sulfide) groups is 1. The zero-order valence-electron chi connectivity index (χ0n) is 28.7. The summed E-state index contributed by atoms with van der Waals surface area (Å²) in [6.45, 7) is 8.43. The van der Waals surface area contributed by atoms with Gasteiger partial charge in [0.15, 0.2) is 0 Å². The van der Waals surface area contributed by atoms with E-state index in [1.54, 1.807) is 24.3 Å². The first-order valence-corrected chi connectivity index (χ1v) is 17.7. The molecule has 0 saturated carbocycles. The molecule has 2 heterocycles. The van der Waals surface area contributed by atoms with E-state index in [4.69, 9.17) is 14.2 Å². The molecule has 2 aliphatic rings. The minimum absolute atomic E-state index is 0.111. The van der Waals surface area contributed by atoms with Gasteiger partial charge in [-0.15, -0.1) is 0 Å². The summed E-state index contributed by atoms with van der Waals surface area (Å²) >= 11 is 1.84. The molecule has 0 aromatic heterocycles. The number of unbranched alkanes of at least 4 members (excludes halogenated alkanes) is 1. The summed E-state index contributed by atoms with van der Waals surface area (Å²) in [6, 6.07) is 9.53. The fourth-order valence-corrected chi connectivity index (χ4v) is 6.86. The monoisotopic (exact) mass is 697 g/mol. The number of anilines is 2. The third-order valence-electron chi connectivity index (χ3n) is 7.84. The quantitative estimate of drug-likeness (QED) is 0.0902. The lowest BCUT2D eigenvalue weighted by Gasteiger charge is -2.17. The van der Waals surface area contributed by atoms with Crippen LogP contribution in [-0.4, -0.2) is 79.7 Å². The highest BCUT2D eigenvalue weighted by Gasteiger charge is 2.42. The summed E-state index contributed by atoms with van der Waals surface area (Å²) < 4.78 is 16.7. The van der Waals surface area contributed by atoms with Crippen LogP contribution in [0.3, 0.4) is 0 Å². The Kier molecular flexibility index (Phi) is 13.6. The van der Waals surface area contributed by atoms with Crippen molar-refractivity contribution in [1.82, 2.24) is 16.0 Å². The van der Waals surface area contributed by atoms with Crippen molar-refractivity contribution in [3.05, 3.63) is 47.5 Å². The van der Waals surface area contributed by atoms with Gasteiger partial charge in [0.1, 0.15) is 11.5 Å². The second kappa shape index (κ2) is 17.8. The van der Waals surface area contributed by atoms with Crippen LogP contribution in [0.15, 0.2) is 36.4 Å². The zero-order chi connectivity index (χ0) is 35.5. The Balaban J connectivity index is 1.32. The number of carbonyl (C=O) groups excluding carboxylic acids is 5. The Morgan fingerprint density at radius 1 is 0.857 bits per heavy atom. The van der Waals surface area contributed by atoms with Crippen molar-refractivity contribution in [3.8, 4) is 11.5 Å². The molecule has 2 saturated heterocycles. The molecule has 266 valence electrons. The summed E-state index contributed by atoms with van der Waals surface area (Å²) in [5.41, 5.74) is 1.30. The first-order chi connectivity index (χ1) is 23.4. The van der Waals surface area contributed by atoms with Gasteiger partial charge in [-0.2, -0.15) is 11.8 Å². The Hall–Kier alpha value is -4.46. The SMILES string of the molecule is COC(=O)c1ccc(NC(=O)c2ccc(NC(=O)CNC(=O)CCCC[C@@H]3SC[C@@H]4NC(=O)N[C@@H]43)c(OCC(C)C)c2)c(OCC(C)C)c1. The van der Waals surface area contributed by atoms with E-state index in [1.807, 2.05) is 39.5 Å². The number of ether oxygens (including phenoxy) is 3. The molecule has 2 fully saturated rings. The minimum Gasteiger partial charge on any atom is -0.491 e. The van der Waals surface area contributed by atoms with E-state index in [-0.39, 0.29) is 53.5 Å². The van der Waals surface area contributed by atoms with E-state index in [0.29, 0.717) is 54.2 Å². The Labute approximate surface area is 291 Å². The summed E-state index contributed by atoms with van der Waals surface area (Å²) in [7, 11) is 1.29. The third-order valence-corrected chi connectivity index (χ3v) is 9.35. The molecule has 14 heteroatoms. The third kappa shape index (κ3) is 11.0. The van der Waals surface area contributed by atoms with Gasteiger partial charge in [0.2, 0.25) is 11.8 Å². The number of methoxy groups -OCH3 is 1. The molecule has 5 N–H and O–H groups in total. The van der Waals surface area contributed by atoms with Crippen molar-refractivity contribution in [2.75, 3.05) is 43.3 Å². The van der Waals surface area contributed by atoms with Gasteiger partial charge in [-0.25, -0.2) is 9.59 Å². The predicted molar refractivity (Wildman–Crippen MR) is 188 cm³/mol. The molecule has 2 aromatic rings. The van der Waals surface area contributed by atoms with Gasteiger partial charge >= 0.3 is 12.0 Å². The van der Waals surface area contributed by atoms with Crippen molar-refractivity contribution in [1.29, 1.82) is 0 Å². The van der Waals surface area contributed by atoms with Crippen LogP contribution in [0.25, 0.3) is 0 Å². The summed E-state index contributed by atoms with van der Waals surface area (Å²) in [5.74, 6) is 0.285. The highest BCUT2D eigenvalue weighted by molar-refractivity contribution is 8.00. The first kappa shape index (κ1) is 37.4. The normalized spacial score (nSPS) is 17.9. The van der Waals surface area contributed by atoms with E-state index in [9.17, 15) is 24.0 Å². The second-order valence-corrected chi connectivity index (χ2v) is 14.2. The van der Waals surface area contributed by atoms with E-state index < -0.39 is 17.8 Å².